The molecule has 7 heteroatoms. The molecule has 0 radical (unpaired) electrons. The first-order chi connectivity index (χ1) is 18.6. The standard InChI is InChI=1S/C32H21F6N/c33-31(34,35)25-16-11-22(12-17-25)24-15-20-29(23-13-18-26(19-14-23)32(36,37)38)30(21-24)39(27-7-3-1-4-8-27)28-9-5-2-6-10-28/h1-21H. The van der Waals surface area contributed by atoms with Gasteiger partial charge in [-0.3, -0.25) is 0 Å². The first-order valence-corrected chi connectivity index (χ1v) is 12.0. The molecule has 0 fully saturated rings. The number of hydrogen-bond acceptors (Lipinski definition) is 1. The van der Waals surface area contributed by atoms with Crippen molar-refractivity contribution in [2.75, 3.05) is 4.90 Å². The van der Waals surface area contributed by atoms with Crippen molar-refractivity contribution < 1.29 is 26.3 Å². The maximum atomic E-state index is 13.2. The predicted molar refractivity (Wildman–Crippen MR) is 142 cm³/mol. The summed E-state index contributed by atoms with van der Waals surface area (Å²) in [6.07, 6.45) is -8.92. The van der Waals surface area contributed by atoms with Gasteiger partial charge in [0.2, 0.25) is 0 Å². The second kappa shape index (κ2) is 10.3. The number of hydrogen-bond donors (Lipinski definition) is 0. The molecular weight excluding hydrogens is 512 g/mol. The topological polar surface area (TPSA) is 3.24 Å². The number of alkyl halides is 6. The quantitative estimate of drug-likeness (QED) is 0.203. The molecule has 39 heavy (non-hydrogen) atoms. The normalized spacial score (nSPS) is 11.8. The molecule has 1 nitrogen and oxygen atoms in total. The van der Waals surface area contributed by atoms with Gasteiger partial charge in [-0.15, -0.1) is 0 Å². The van der Waals surface area contributed by atoms with Gasteiger partial charge in [-0.1, -0.05) is 72.8 Å². The molecule has 0 aliphatic carbocycles. The molecule has 0 bridgehead atoms. The zero-order chi connectivity index (χ0) is 27.6. The van der Waals surface area contributed by atoms with Crippen molar-refractivity contribution >= 4 is 17.1 Å². The maximum absolute atomic E-state index is 13.2. The minimum absolute atomic E-state index is 0.564. The van der Waals surface area contributed by atoms with Gasteiger partial charge in [-0.2, -0.15) is 26.3 Å². The number of benzene rings is 5. The fraction of sp³-hybridized carbons (Fsp3) is 0.0625. The number of para-hydroxylation sites is 2. The highest BCUT2D eigenvalue weighted by Crippen LogP contribution is 2.43. The SMILES string of the molecule is FC(F)(F)c1ccc(-c2ccc(-c3ccc(C(F)(F)F)cc3)c(N(c3ccccc3)c3ccccc3)c2)cc1. The van der Waals surface area contributed by atoms with Crippen molar-refractivity contribution in [2.24, 2.45) is 0 Å². The van der Waals surface area contributed by atoms with Crippen LogP contribution in [-0.4, -0.2) is 0 Å². The Morgan fingerprint density at radius 2 is 0.821 bits per heavy atom. The van der Waals surface area contributed by atoms with Crippen molar-refractivity contribution in [3.8, 4) is 22.3 Å². The Labute approximate surface area is 221 Å². The largest absolute Gasteiger partial charge is 0.416 e. The average molecular weight is 534 g/mol. The molecule has 0 saturated carbocycles. The second-order valence-corrected chi connectivity index (χ2v) is 8.89. The van der Waals surface area contributed by atoms with E-state index in [1.54, 1.807) is 12.1 Å². The van der Waals surface area contributed by atoms with Crippen LogP contribution in [0.15, 0.2) is 127 Å². The van der Waals surface area contributed by atoms with Crippen LogP contribution in [0.5, 0.6) is 0 Å². The van der Waals surface area contributed by atoms with Gasteiger partial charge in [-0.25, -0.2) is 0 Å². The van der Waals surface area contributed by atoms with Crippen LogP contribution in [0.4, 0.5) is 43.4 Å². The van der Waals surface area contributed by atoms with Crippen LogP contribution in [0.2, 0.25) is 0 Å². The van der Waals surface area contributed by atoms with Gasteiger partial charge < -0.3 is 4.90 Å². The van der Waals surface area contributed by atoms with Gasteiger partial charge in [0.15, 0.2) is 0 Å². The Morgan fingerprint density at radius 3 is 1.26 bits per heavy atom. The van der Waals surface area contributed by atoms with Gasteiger partial charge in [0.25, 0.3) is 0 Å². The second-order valence-electron chi connectivity index (χ2n) is 8.89. The fourth-order valence-corrected chi connectivity index (χ4v) is 4.41. The monoisotopic (exact) mass is 533 g/mol. The van der Waals surface area contributed by atoms with Gasteiger partial charge in [-0.05, 0) is 71.3 Å². The molecule has 0 N–H and O–H groups in total. The first-order valence-electron chi connectivity index (χ1n) is 12.0. The van der Waals surface area contributed by atoms with E-state index < -0.39 is 23.5 Å². The molecule has 0 spiro atoms. The minimum Gasteiger partial charge on any atom is -0.310 e. The summed E-state index contributed by atoms with van der Waals surface area (Å²) in [4.78, 5) is 1.97. The smallest absolute Gasteiger partial charge is 0.310 e. The van der Waals surface area contributed by atoms with Crippen LogP contribution in [0, 0.1) is 0 Å². The molecule has 0 aliphatic rings. The molecule has 0 aliphatic heterocycles. The van der Waals surface area contributed by atoms with Crippen LogP contribution >= 0.6 is 0 Å². The lowest BCUT2D eigenvalue weighted by molar-refractivity contribution is -0.138. The van der Waals surface area contributed by atoms with Crippen LogP contribution < -0.4 is 4.90 Å². The van der Waals surface area contributed by atoms with Crippen molar-refractivity contribution in [1.82, 2.24) is 0 Å². The van der Waals surface area contributed by atoms with Crippen molar-refractivity contribution in [3.63, 3.8) is 0 Å². The third kappa shape index (κ3) is 5.67. The summed E-state index contributed by atoms with van der Waals surface area (Å²) >= 11 is 0. The Bertz CT molecular complexity index is 1500. The summed E-state index contributed by atoms with van der Waals surface area (Å²) in [7, 11) is 0. The Morgan fingerprint density at radius 1 is 0.410 bits per heavy atom. The summed E-state index contributed by atoms with van der Waals surface area (Å²) in [5, 5.41) is 0. The molecule has 5 rings (SSSR count). The van der Waals surface area contributed by atoms with Gasteiger partial charge in [0, 0.05) is 16.9 Å². The van der Waals surface area contributed by atoms with Crippen LogP contribution in [-0.2, 0) is 12.4 Å². The van der Waals surface area contributed by atoms with E-state index in [1.807, 2.05) is 71.6 Å². The summed E-state index contributed by atoms with van der Waals surface area (Å²) in [5.74, 6) is 0. The number of rotatable bonds is 5. The van der Waals surface area contributed by atoms with Crippen LogP contribution in [0.25, 0.3) is 22.3 Å². The number of nitrogens with zero attached hydrogens (tertiary/aromatic N) is 1. The maximum Gasteiger partial charge on any atom is 0.416 e. The third-order valence-corrected chi connectivity index (χ3v) is 6.34. The molecular formula is C32H21F6N. The summed E-state index contributed by atoms with van der Waals surface area (Å²) < 4.78 is 79.1. The van der Waals surface area contributed by atoms with E-state index in [9.17, 15) is 26.3 Å². The summed E-state index contributed by atoms with van der Waals surface area (Å²) in [6, 6.07) is 34.1. The fourth-order valence-electron chi connectivity index (χ4n) is 4.41. The predicted octanol–water partition coefficient (Wildman–Crippen LogP) is 10.5. The molecule has 0 saturated heterocycles. The first kappa shape index (κ1) is 26.1. The summed E-state index contributed by atoms with van der Waals surface area (Å²) in [6.45, 7) is 0. The highest BCUT2D eigenvalue weighted by Gasteiger charge is 2.31. The lowest BCUT2D eigenvalue weighted by atomic mass is 9.95. The van der Waals surface area contributed by atoms with Crippen LogP contribution in [0.3, 0.4) is 0 Å². The van der Waals surface area contributed by atoms with E-state index in [4.69, 9.17) is 0 Å². The summed E-state index contributed by atoms with van der Waals surface area (Å²) in [5.41, 5.74) is 3.23. The molecule has 0 amide bonds. The molecule has 0 unspecified atom stereocenters. The van der Waals surface area contributed by atoms with E-state index >= 15 is 0 Å². The Kier molecular flexibility index (Phi) is 6.91. The molecule has 5 aromatic rings. The van der Waals surface area contributed by atoms with Gasteiger partial charge in [0.1, 0.15) is 0 Å². The lowest BCUT2D eigenvalue weighted by Gasteiger charge is -2.28. The molecule has 0 aromatic heterocycles. The zero-order valence-electron chi connectivity index (χ0n) is 20.3. The Balaban J connectivity index is 1.71. The van der Waals surface area contributed by atoms with E-state index in [-0.39, 0.29) is 0 Å². The number of halogens is 6. The highest BCUT2D eigenvalue weighted by molar-refractivity contribution is 5.90. The molecule has 0 atom stereocenters. The minimum atomic E-state index is -4.46. The van der Waals surface area contributed by atoms with E-state index in [0.717, 1.165) is 35.6 Å². The molecule has 0 heterocycles. The van der Waals surface area contributed by atoms with E-state index in [1.165, 1.54) is 24.3 Å². The van der Waals surface area contributed by atoms with E-state index in [2.05, 4.69) is 0 Å². The van der Waals surface area contributed by atoms with Crippen molar-refractivity contribution in [2.45, 2.75) is 12.4 Å². The van der Waals surface area contributed by atoms with Gasteiger partial charge >= 0.3 is 12.4 Å². The average Bonchev–Trinajstić information content (AvgIpc) is 2.94. The molecule has 5 aromatic carbocycles. The van der Waals surface area contributed by atoms with Crippen molar-refractivity contribution in [1.29, 1.82) is 0 Å². The van der Waals surface area contributed by atoms with Crippen LogP contribution in [0.1, 0.15) is 11.1 Å². The zero-order valence-corrected chi connectivity index (χ0v) is 20.3. The lowest BCUT2D eigenvalue weighted by Crippen LogP contribution is -2.11. The van der Waals surface area contributed by atoms with Crippen molar-refractivity contribution in [3.05, 3.63) is 139 Å². The third-order valence-electron chi connectivity index (χ3n) is 6.34. The molecule has 196 valence electrons. The van der Waals surface area contributed by atoms with E-state index in [0.29, 0.717) is 27.9 Å². The Hall–Kier alpha value is -4.52. The van der Waals surface area contributed by atoms with Gasteiger partial charge in [0.05, 0.1) is 16.8 Å². The highest BCUT2D eigenvalue weighted by atomic mass is 19.4. The number of anilines is 3.